The van der Waals surface area contributed by atoms with E-state index >= 15 is 0 Å². The number of halogens is 4. The van der Waals surface area contributed by atoms with Crippen molar-refractivity contribution in [2.75, 3.05) is 0 Å². The fourth-order valence-electron chi connectivity index (χ4n) is 1.85. The number of hydrogen-bond acceptors (Lipinski definition) is 1. The van der Waals surface area contributed by atoms with E-state index in [1.807, 2.05) is 6.07 Å². The zero-order valence-electron chi connectivity index (χ0n) is 9.84. The second-order valence-corrected chi connectivity index (χ2v) is 5.81. The molecule has 0 aromatic heterocycles. The second kappa shape index (κ2) is 6.15. The van der Waals surface area contributed by atoms with Crippen molar-refractivity contribution in [2.45, 2.75) is 12.5 Å². The van der Waals surface area contributed by atoms with E-state index in [1.165, 1.54) is 6.07 Å². The zero-order chi connectivity index (χ0) is 14.0. The third-order valence-electron chi connectivity index (χ3n) is 2.81. The molecule has 19 heavy (non-hydrogen) atoms. The van der Waals surface area contributed by atoms with Crippen LogP contribution in [0.25, 0.3) is 0 Å². The summed E-state index contributed by atoms with van der Waals surface area (Å²) in [5.41, 5.74) is 7.16. The average molecular weight is 394 g/mol. The van der Waals surface area contributed by atoms with E-state index in [1.54, 1.807) is 12.1 Å². The molecule has 5 heteroatoms. The summed E-state index contributed by atoms with van der Waals surface area (Å²) >= 11 is 8.07. The van der Waals surface area contributed by atoms with Crippen LogP contribution >= 0.6 is 34.2 Å². The van der Waals surface area contributed by atoms with E-state index in [4.69, 9.17) is 17.3 Å². The van der Waals surface area contributed by atoms with Gasteiger partial charge < -0.3 is 5.73 Å². The lowest BCUT2D eigenvalue weighted by atomic mass is 9.99. The lowest BCUT2D eigenvalue weighted by molar-refractivity contribution is 0.572. The highest BCUT2D eigenvalue weighted by atomic mass is 127. The van der Waals surface area contributed by atoms with E-state index in [9.17, 15) is 8.78 Å². The zero-order valence-corrected chi connectivity index (χ0v) is 12.8. The van der Waals surface area contributed by atoms with Crippen LogP contribution in [0.2, 0.25) is 5.02 Å². The van der Waals surface area contributed by atoms with Gasteiger partial charge >= 0.3 is 0 Å². The second-order valence-electron chi connectivity index (χ2n) is 4.21. The third-order valence-corrected chi connectivity index (χ3v) is 4.02. The number of rotatable bonds is 3. The van der Waals surface area contributed by atoms with E-state index < -0.39 is 17.7 Å². The van der Waals surface area contributed by atoms with Crippen molar-refractivity contribution in [1.29, 1.82) is 0 Å². The molecule has 1 nitrogen and oxygen atoms in total. The van der Waals surface area contributed by atoms with E-state index in [-0.39, 0.29) is 12.0 Å². The van der Waals surface area contributed by atoms with Crippen molar-refractivity contribution in [2.24, 2.45) is 5.73 Å². The Morgan fingerprint density at radius 3 is 2.63 bits per heavy atom. The minimum Gasteiger partial charge on any atom is -0.324 e. The molecule has 0 amide bonds. The van der Waals surface area contributed by atoms with Crippen molar-refractivity contribution in [3.05, 3.63) is 67.8 Å². The Labute approximate surface area is 128 Å². The van der Waals surface area contributed by atoms with Gasteiger partial charge in [-0.05, 0) is 76.5 Å². The van der Waals surface area contributed by atoms with Crippen LogP contribution in [0, 0.1) is 15.2 Å². The van der Waals surface area contributed by atoms with Crippen molar-refractivity contribution < 1.29 is 8.78 Å². The van der Waals surface area contributed by atoms with Gasteiger partial charge in [-0.3, -0.25) is 0 Å². The molecule has 0 saturated heterocycles. The molecule has 100 valence electrons. The minimum atomic E-state index is -0.468. The average Bonchev–Trinajstić information content (AvgIpc) is 2.36. The first-order valence-corrected chi connectivity index (χ1v) is 7.07. The number of hydrogen-bond donors (Lipinski definition) is 1. The van der Waals surface area contributed by atoms with Crippen LogP contribution in [-0.2, 0) is 6.42 Å². The lowest BCUT2D eigenvalue weighted by Gasteiger charge is -2.15. The Kier molecular flexibility index (Phi) is 4.76. The molecule has 0 saturated carbocycles. The highest BCUT2D eigenvalue weighted by molar-refractivity contribution is 14.1. The molecular formula is C14H11ClF2IN. The van der Waals surface area contributed by atoms with Gasteiger partial charge in [0.25, 0.3) is 0 Å². The largest absolute Gasteiger partial charge is 0.324 e. The van der Waals surface area contributed by atoms with Gasteiger partial charge in [-0.15, -0.1) is 0 Å². The summed E-state index contributed by atoms with van der Waals surface area (Å²) in [6, 6.07) is 8.32. The van der Waals surface area contributed by atoms with Crippen molar-refractivity contribution in [3.8, 4) is 0 Å². The predicted molar refractivity (Wildman–Crippen MR) is 81.2 cm³/mol. The van der Waals surface area contributed by atoms with Crippen LogP contribution in [0.5, 0.6) is 0 Å². The maximum atomic E-state index is 13.6. The summed E-state index contributed by atoms with van der Waals surface area (Å²) in [4.78, 5) is 0. The monoisotopic (exact) mass is 393 g/mol. The molecular weight excluding hydrogens is 383 g/mol. The van der Waals surface area contributed by atoms with Crippen LogP contribution in [0.1, 0.15) is 17.2 Å². The molecule has 2 N–H and O–H groups in total. The van der Waals surface area contributed by atoms with Crippen molar-refractivity contribution >= 4 is 34.2 Å². The van der Waals surface area contributed by atoms with Crippen molar-refractivity contribution in [3.63, 3.8) is 0 Å². The summed E-state index contributed by atoms with van der Waals surface area (Å²) in [5, 5.41) is 0.575. The molecule has 0 spiro atoms. The molecule has 0 bridgehead atoms. The smallest absolute Gasteiger partial charge is 0.126 e. The molecule has 0 heterocycles. The summed E-state index contributed by atoms with van der Waals surface area (Å²) in [6.45, 7) is 0. The maximum Gasteiger partial charge on any atom is 0.126 e. The molecule has 2 aromatic rings. The van der Waals surface area contributed by atoms with Crippen LogP contribution in [-0.4, -0.2) is 0 Å². The lowest BCUT2D eigenvalue weighted by Crippen LogP contribution is -2.15. The van der Waals surface area contributed by atoms with Crippen molar-refractivity contribution in [1.82, 2.24) is 0 Å². The Morgan fingerprint density at radius 1 is 1.16 bits per heavy atom. The molecule has 1 atom stereocenters. The fourth-order valence-corrected chi connectivity index (χ4v) is 2.76. The van der Waals surface area contributed by atoms with Crippen LogP contribution < -0.4 is 5.73 Å². The van der Waals surface area contributed by atoms with Gasteiger partial charge in [-0.25, -0.2) is 8.78 Å². The van der Waals surface area contributed by atoms with Crippen LogP contribution in [0.4, 0.5) is 8.78 Å². The normalized spacial score (nSPS) is 12.5. The third kappa shape index (κ3) is 3.64. The highest BCUT2D eigenvalue weighted by Crippen LogP contribution is 2.25. The van der Waals surface area contributed by atoms with Gasteiger partial charge in [-0.2, -0.15) is 0 Å². The Bertz CT molecular complexity index is 604. The first-order valence-electron chi connectivity index (χ1n) is 5.62. The predicted octanol–water partition coefficient (Wildman–Crippen LogP) is 4.47. The number of benzene rings is 2. The first kappa shape index (κ1) is 14.7. The van der Waals surface area contributed by atoms with E-state index in [0.29, 0.717) is 5.02 Å². The highest BCUT2D eigenvalue weighted by Gasteiger charge is 2.14. The molecule has 0 aliphatic rings. The van der Waals surface area contributed by atoms with E-state index in [2.05, 4.69) is 22.6 Å². The Balaban J connectivity index is 2.27. The maximum absolute atomic E-state index is 13.6. The first-order chi connectivity index (χ1) is 8.97. The fraction of sp³-hybridized carbons (Fsp3) is 0.143. The molecule has 0 aliphatic heterocycles. The van der Waals surface area contributed by atoms with Gasteiger partial charge in [-0.1, -0.05) is 11.6 Å². The summed E-state index contributed by atoms with van der Waals surface area (Å²) in [6.07, 6.45) is 0.222. The van der Waals surface area contributed by atoms with Gasteiger partial charge in [0.15, 0.2) is 0 Å². The Hall–Kier alpha value is -0.720. The quantitative estimate of drug-likeness (QED) is 0.765. The van der Waals surface area contributed by atoms with E-state index in [0.717, 1.165) is 21.3 Å². The Morgan fingerprint density at radius 2 is 1.89 bits per heavy atom. The molecule has 0 radical (unpaired) electrons. The standard InChI is InChI=1S/C14H11ClF2IN/c15-9-1-4-13(18)11(7-9)14(19)6-8-5-10(16)2-3-12(8)17/h1-5,7,14H,6,19H2. The summed E-state index contributed by atoms with van der Waals surface area (Å²) in [5.74, 6) is -0.918. The molecule has 0 aliphatic carbocycles. The van der Waals surface area contributed by atoms with Crippen LogP contribution in [0.3, 0.4) is 0 Å². The molecule has 1 unspecified atom stereocenters. The summed E-state index contributed by atoms with van der Waals surface area (Å²) < 4.78 is 27.6. The molecule has 0 fully saturated rings. The molecule has 2 aromatic carbocycles. The van der Waals surface area contributed by atoms with Gasteiger partial charge in [0, 0.05) is 14.6 Å². The number of nitrogens with two attached hydrogens (primary N) is 1. The van der Waals surface area contributed by atoms with Gasteiger partial charge in [0.1, 0.15) is 11.6 Å². The van der Waals surface area contributed by atoms with Crippen LogP contribution in [0.15, 0.2) is 36.4 Å². The van der Waals surface area contributed by atoms with Gasteiger partial charge in [0.2, 0.25) is 0 Å². The van der Waals surface area contributed by atoms with Gasteiger partial charge in [0.05, 0.1) is 0 Å². The minimum absolute atomic E-state index is 0.222. The SMILES string of the molecule is NC(Cc1cc(F)ccc1F)c1cc(Cl)ccc1I. The summed E-state index contributed by atoms with van der Waals surface area (Å²) in [7, 11) is 0. The molecule has 2 rings (SSSR count). The topological polar surface area (TPSA) is 26.0 Å².